The summed E-state index contributed by atoms with van der Waals surface area (Å²) in [5, 5.41) is 0. The number of hydrogen-bond acceptors (Lipinski definition) is 3. The maximum absolute atomic E-state index is 13.9. The van der Waals surface area contributed by atoms with E-state index < -0.39 is 0 Å². The second-order valence-corrected chi connectivity index (χ2v) is 7.99. The zero-order valence-electron chi connectivity index (χ0n) is 15.1. The highest BCUT2D eigenvalue weighted by molar-refractivity contribution is 5.17. The van der Waals surface area contributed by atoms with E-state index >= 15 is 0 Å². The van der Waals surface area contributed by atoms with Gasteiger partial charge >= 0.3 is 0 Å². The molecule has 2 saturated heterocycles. The Morgan fingerprint density at radius 3 is 2.67 bits per heavy atom. The van der Waals surface area contributed by atoms with E-state index in [1.807, 2.05) is 12.1 Å². The van der Waals surface area contributed by atoms with Crippen LogP contribution in [0.15, 0.2) is 24.3 Å². The van der Waals surface area contributed by atoms with Gasteiger partial charge in [-0.1, -0.05) is 18.2 Å². The second-order valence-electron chi connectivity index (χ2n) is 7.99. The predicted molar refractivity (Wildman–Crippen MR) is 95.5 cm³/mol. The molecule has 0 bridgehead atoms. The lowest BCUT2D eigenvalue weighted by molar-refractivity contribution is -0.0766. The highest BCUT2D eigenvalue weighted by atomic mass is 19.1. The van der Waals surface area contributed by atoms with Gasteiger partial charge in [-0.15, -0.1) is 0 Å². The minimum Gasteiger partial charge on any atom is -0.376 e. The molecule has 1 aromatic carbocycles. The van der Waals surface area contributed by atoms with E-state index in [2.05, 4.69) is 23.6 Å². The molecular formula is C20H31FN2O. The molecule has 134 valence electrons. The number of nitrogens with zero attached hydrogens (tertiary/aromatic N) is 2. The van der Waals surface area contributed by atoms with Gasteiger partial charge in [0.2, 0.25) is 0 Å². The molecule has 0 saturated carbocycles. The number of halogens is 1. The van der Waals surface area contributed by atoms with Crippen molar-refractivity contribution in [1.82, 2.24) is 9.80 Å². The topological polar surface area (TPSA) is 15.7 Å². The van der Waals surface area contributed by atoms with Crippen molar-refractivity contribution >= 4 is 0 Å². The van der Waals surface area contributed by atoms with Crippen LogP contribution in [0, 0.1) is 11.7 Å². The van der Waals surface area contributed by atoms with Gasteiger partial charge in [0, 0.05) is 38.3 Å². The fraction of sp³-hybridized carbons (Fsp3) is 0.700. The van der Waals surface area contributed by atoms with E-state index in [4.69, 9.17) is 4.74 Å². The molecule has 2 heterocycles. The van der Waals surface area contributed by atoms with Crippen LogP contribution in [0.3, 0.4) is 0 Å². The Morgan fingerprint density at radius 1 is 1.12 bits per heavy atom. The minimum atomic E-state index is -0.0805. The van der Waals surface area contributed by atoms with Crippen LogP contribution in [0.4, 0.5) is 4.39 Å². The molecule has 0 amide bonds. The fourth-order valence-corrected chi connectivity index (χ4v) is 4.11. The van der Waals surface area contributed by atoms with Crippen LogP contribution >= 0.6 is 0 Å². The normalized spacial score (nSPS) is 26.2. The summed E-state index contributed by atoms with van der Waals surface area (Å²) < 4.78 is 19.7. The molecule has 0 unspecified atom stereocenters. The lowest BCUT2D eigenvalue weighted by Crippen LogP contribution is -2.40. The lowest BCUT2D eigenvalue weighted by atomic mass is 9.88. The molecule has 1 aromatic rings. The molecule has 0 spiro atoms. The van der Waals surface area contributed by atoms with Crippen molar-refractivity contribution in [2.24, 2.45) is 5.92 Å². The third-order valence-corrected chi connectivity index (χ3v) is 5.35. The van der Waals surface area contributed by atoms with E-state index in [1.54, 1.807) is 12.1 Å². The Kier molecular flexibility index (Phi) is 5.90. The Labute approximate surface area is 145 Å². The summed E-state index contributed by atoms with van der Waals surface area (Å²) in [6.07, 6.45) is 3.50. The summed E-state index contributed by atoms with van der Waals surface area (Å²) in [6, 6.07) is 7.16. The number of ether oxygens (including phenoxy) is 1. The highest BCUT2D eigenvalue weighted by Gasteiger charge is 2.30. The van der Waals surface area contributed by atoms with Crippen molar-refractivity contribution in [3.05, 3.63) is 35.6 Å². The number of hydrogen-bond donors (Lipinski definition) is 0. The lowest BCUT2D eigenvalue weighted by Gasteiger charge is -2.37. The molecule has 24 heavy (non-hydrogen) atoms. The average Bonchev–Trinajstić information content (AvgIpc) is 2.74. The summed E-state index contributed by atoms with van der Waals surface area (Å²) in [4.78, 5) is 5.00. The number of benzene rings is 1. The molecule has 0 aliphatic carbocycles. The van der Waals surface area contributed by atoms with Gasteiger partial charge in [-0.3, -0.25) is 4.90 Å². The van der Waals surface area contributed by atoms with E-state index in [-0.39, 0.29) is 11.4 Å². The molecule has 2 aliphatic heterocycles. The summed E-state index contributed by atoms with van der Waals surface area (Å²) in [6.45, 7) is 11.5. The van der Waals surface area contributed by atoms with Gasteiger partial charge in [-0.2, -0.15) is 0 Å². The van der Waals surface area contributed by atoms with Crippen molar-refractivity contribution in [2.75, 3.05) is 39.3 Å². The van der Waals surface area contributed by atoms with Crippen molar-refractivity contribution in [2.45, 2.75) is 45.3 Å². The van der Waals surface area contributed by atoms with Crippen LogP contribution < -0.4 is 0 Å². The first kappa shape index (κ1) is 17.8. The molecule has 0 radical (unpaired) electrons. The Bertz CT molecular complexity index is 534. The van der Waals surface area contributed by atoms with E-state index in [1.165, 1.54) is 19.4 Å². The molecule has 2 aliphatic rings. The maximum Gasteiger partial charge on any atom is 0.127 e. The minimum absolute atomic E-state index is 0.0334. The average molecular weight is 334 g/mol. The molecule has 3 rings (SSSR count). The Balaban J connectivity index is 1.49. The van der Waals surface area contributed by atoms with Crippen LogP contribution in [-0.4, -0.2) is 54.7 Å². The predicted octanol–water partition coefficient (Wildman–Crippen LogP) is 3.54. The second kappa shape index (κ2) is 7.94. The van der Waals surface area contributed by atoms with Crippen LogP contribution in [0.2, 0.25) is 0 Å². The molecule has 1 atom stereocenters. The van der Waals surface area contributed by atoms with E-state index in [9.17, 15) is 4.39 Å². The van der Waals surface area contributed by atoms with Gasteiger partial charge in [0.25, 0.3) is 0 Å². The molecule has 4 heteroatoms. The van der Waals surface area contributed by atoms with E-state index in [0.717, 1.165) is 57.2 Å². The van der Waals surface area contributed by atoms with Gasteiger partial charge in [-0.05, 0) is 58.2 Å². The van der Waals surface area contributed by atoms with Gasteiger partial charge in [0.1, 0.15) is 5.82 Å². The maximum atomic E-state index is 13.9. The Morgan fingerprint density at radius 2 is 1.88 bits per heavy atom. The van der Waals surface area contributed by atoms with Crippen molar-refractivity contribution in [1.29, 1.82) is 0 Å². The molecular weight excluding hydrogens is 303 g/mol. The molecule has 0 aromatic heterocycles. The van der Waals surface area contributed by atoms with Crippen LogP contribution in [-0.2, 0) is 11.3 Å². The van der Waals surface area contributed by atoms with E-state index in [0.29, 0.717) is 0 Å². The first-order valence-electron chi connectivity index (χ1n) is 9.34. The summed E-state index contributed by atoms with van der Waals surface area (Å²) >= 11 is 0. The zero-order chi connectivity index (χ0) is 17.0. The van der Waals surface area contributed by atoms with Gasteiger partial charge < -0.3 is 9.64 Å². The number of rotatable bonds is 4. The molecule has 2 fully saturated rings. The van der Waals surface area contributed by atoms with Gasteiger partial charge in [-0.25, -0.2) is 4.39 Å². The summed E-state index contributed by atoms with van der Waals surface area (Å²) in [5.74, 6) is 0.662. The quantitative estimate of drug-likeness (QED) is 0.838. The zero-order valence-corrected chi connectivity index (χ0v) is 15.1. The molecule has 3 nitrogen and oxygen atoms in total. The Hall–Kier alpha value is -0.970. The van der Waals surface area contributed by atoms with Gasteiger partial charge in [0.15, 0.2) is 0 Å². The SMILES string of the molecule is CC1(C)C[C@H](CN2CCCN(Cc3ccccc3F)CC2)CCO1. The largest absolute Gasteiger partial charge is 0.376 e. The molecule has 0 N–H and O–H groups in total. The fourth-order valence-electron chi connectivity index (χ4n) is 4.11. The monoisotopic (exact) mass is 334 g/mol. The summed E-state index contributed by atoms with van der Waals surface area (Å²) in [7, 11) is 0. The van der Waals surface area contributed by atoms with Gasteiger partial charge in [0.05, 0.1) is 5.60 Å². The highest BCUT2D eigenvalue weighted by Crippen LogP contribution is 2.29. The van der Waals surface area contributed by atoms with Crippen molar-refractivity contribution in [3.63, 3.8) is 0 Å². The van der Waals surface area contributed by atoms with Crippen molar-refractivity contribution < 1.29 is 9.13 Å². The van der Waals surface area contributed by atoms with Crippen LogP contribution in [0.1, 0.15) is 38.7 Å². The van der Waals surface area contributed by atoms with Crippen LogP contribution in [0.5, 0.6) is 0 Å². The summed E-state index contributed by atoms with van der Waals surface area (Å²) in [5.41, 5.74) is 0.850. The standard InChI is InChI=1S/C20H31FN2O/c1-20(2)14-17(8-13-24-20)15-22-9-5-10-23(12-11-22)16-18-6-3-4-7-19(18)21/h3-4,6-7,17H,5,8-16H2,1-2H3/t17-/m1/s1. The third-order valence-electron chi connectivity index (χ3n) is 5.35. The van der Waals surface area contributed by atoms with Crippen LogP contribution in [0.25, 0.3) is 0 Å². The first-order valence-corrected chi connectivity index (χ1v) is 9.34. The third kappa shape index (κ3) is 5.01. The van der Waals surface area contributed by atoms with Crippen molar-refractivity contribution in [3.8, 4) is 0 Å². The first-order chi connectivity index (χ1) is 11.5. The smallest absolute Gasteiger partial charge is 0.127 e.